The Morgan fingerprint density at radius 1 is 0.833 bits per heavy atom. The molecule has 0 aliphatic heterocycles. The van der Waals surface area contributed by atoms with Gasteiger partial charge >= 0.3 is 0 Å². The topological polar surface area (TPSA) is 114 Å². The summed E-state index contributed by atoms with van der Waals surface area (Å²) < 4.78 is 38.6. The maximum atomic E-state index is 14.1. The van der Waals surface area contributed by atoms with E-state index in [9.17, 15) is 18.0 Å². The Balaban J connectivity index is 1.34. The number of nitrogens with one attached hydrogen (secondary N) is 2. The van der Waals surface area contributed by atoms with Crippen LogP contribution in [0.25, 0.3) is 0 Å². The molecule has 9 nitrogen and oxygen atoms in total. The molecule has 1 aliphatic carbocycles. The van der Waals surface area contributed by atoms with E-state index in [0.29, 0.717) is 41.5 Å². The van der Waals surface area contributed by atoms with E-state index in [1.807, 2.05) is 60.7 Å². The number of carbonyl (C=O) groups is 2. The van der Waals surface area contributed by atoms with E-state index in [1.165, 1.54) is 0 Å². The highest BCUT2D eigenvalue weighted by molar-refractivity contribution is 7.89. The first-order chi connectivity index (χ1) is 23.2. The molecule has 0 aromatic heterocycles. The maximum Gasteiger partial charge on any atom is 0.247 e. The van der Waals surface area contributed by atoms with Gasteiger partial charge in [-0.05, 0) is 84.3 Å². The number of carbonyl (C=O) groups excluding carboxylic acids is 2. The standard InChI is InChI=1S/C37H40ClN3O6S/c1-46-33-20-12-27(24-34(33)47-2)22-23-39-37(43)36(29-6-4-3-5-7-29)41(25-28-8-14-30(38)15-9-28)35(42)21-13-26-10-18-32(19-11-26)48(44,45)40-31-16-17-31/h3-12,14-15,18-20,24,31,36,40H,13,16-17,21-23,25H2,1-2H3,(H,39,43)/t36-/m0/s1. The zero-order chi connectivity index (χ0) is 34.1. The zero-order valence-electron chi connectivity index (χ0n) is 27.0. The fourth-order valence-corrected chi connectivity index (χ4v) is 6.83. The molecule has 0 heterocycles. The molecule has 4 aromatic rings. The lowest BCUT2D eigenvalue weighted by Gasteiger charge is -2.32. The fourth-order valence-electron chi connectivity index (χ4n) is 5.40. The van der Waals surface area contributed by atoms with Gasteiger partial charge in [0.15, 0.2) is 11.5 Å². The van der Waals surface area contributed by atoms with E-state index in [1.54, 1.807) is 55.5 Å². The van der Waals surface area contributed by atoms with Gasteiger partial charge in [0.25, 0.3) is 0 Å². The van der Waals surface area contributed by atoms with Crippen molar-refractivity contribution in [3.63, 3.8) is 0 Å². The Morgan fingerprint density at radius 2 is 1.48 bits per heavy atom. The minimum atomic E-state index is -3.57. The van der Waals surface area contributed by atoms with Crippen LogP contribution in [0.3, 0.4) is 0 Å². The van der Waals surface area contributed by atoms with Gasteiger partial charge in [-0.3, -0.25) is 9.59 Å². The van der Waals surface area contributed by atoms with Crippen LogP contribution >= 0.6 is 11.6 Å². The van der Waals surface area contributed by atoms with Crippen molar-refractivity contribution in [3.8, 4) is 11.5 Å². The zero-order valence-corrected chi connectivity index (χ0v) is 28.6. The number of methoxy groups -OCH3 is 2. The number of amides is 2. The lowest BCUT2D eigenvalue weighted by atomic mass is 10.0. The summed E-state index contributed by atoms with van der Waals surface area (Å²) in [6, 6.07) is 27.8. The molecule has 0 radical (unpaired) electrons. The van der Waals surface area contributed by atoms with E-state index in [0.717, 1.165) is 29.5 Å². The van der Waals surface area contributed by atoms with Gasteiger partial charge in [0, 0.05) is 30.6 Å². The van der Waals surface area contributed by atoms with E-state index in [4.69, 9.17) is 21.1 Å². The number of hydrogen-bond acceptors (Lipinski definition) is 6. The van der Waals surface area contributed by atoms with Crippen LogP contribution in [0.15, 0.2) is 102 Å². The third-order valence-corrected chi connectivity index (χ3v) is 9.97. The maximum absolute atomic E-state index is 14.1. The highest BCUT2D eigenvalue weighted by Gasteiger charge is 2.31. The second-order valence-corrected chi connectivity index (χ2v) is 13.9. The van der Waals surface area contributed by atoms with Crippen LogP contribution in [-0.4, -0.2) is 51.9 Å². The summed E-state index contributed by atoms with van der Waals surface area (Å²) in [5.41, 5.74) is 3.28. The van der Waals surface area contributed by atoms with Crippen LogP contribution in [0.1, 0.15) is 47.6 Å². The largest absolute Gasteiger partial charge is 0.493 e. The Hall–Kier alpha value is -4.38. The normalized spacial score (nSPS) is 13.4. The quantitative estimate of drug-likeness (QED) is 0.152. The van der Waals surface area contributed by atoms with E-state index >= 15 is 0 Å². The molecule has 252 valence electrons. The Morgan fingerprint density at radius 3 is 2.12 bits per heavy atom. The van der Waals surface area contributed by atoms with Gasteiger partial charge in [0.2, 0.25) is 21.8 Å². The second kappa shape index (κ2) is 16.1. The Bertz CT molecular complexity index is 1800. The summed E-state index contributed by atoms with van der Waals surface area (Å²) in [4.78, 5) is 29.9. The van der Waals surface area contributed by atoms with Crippen LogP contribution in [0.4, 0.5) is 0 Å². The summed E-state index contributed by atoms with van der Waals surface area (Å²) in [5, 5.41) is 3.62. The molecule has 2 N–H and O–H groups in total. The predicted molar refractivity (Wildman–Crippen MR) is 186 cm³/mol. The van der Waals surface area contributed by atoms with E-state index < -0.39 is 16.1 Å². The number of sulfonamides is 1. The predicted octanol–water partition coefficient (Wildman–Crippen LogP) is 5.86. The Kier molecular flexibility index (Phi) is 11.8. The molecule has 2 amide bonds. The minimum absolute atomic E-state index is 0.0136. The smallest absolute Gasteiger partial charge is 0.247 e. The number of hydrogen-bond donors (Lipinski definition) is 2. The molecule has 5 rings (SSSR count). The molecule has 0 unspecified atom stereocenters. The average Bonchev–Trinajstić information content (AvgIpc) is 3.91. The van der Waals surface area contributed by atoms with Crippen molar-refractivity contribution in [3.05, 3.63) is 124 Å². The van der Waals surface area contributed by atoms with Gasteiger partial charge in [0.1, 0.15) is 6.04 Å². The molecule has 48 heavy (non-hydrogen) atoms. The molecule has 0 spiro atoms. The minimum Gasteiger partial charge on any atom is -0.493 e. The van der Waals surface area contributed by atoms with Crippen LogP contribution in [0, 0.1) is 0 Å². The summed E-state index contributed by atoms with van der Waals surface area (Å²) >= 11 is 6.15. The first-order valence-corrected chi connectivity index (χ1v) is 17.7. The third kappa shape index (κ3) is 9.37. The average molecular weight is 690 g/mol. The summed E-state index contributed by atoms with van der Waals surface area (Å²) in [6.45, 7) is 0.522. The van der Waals surface area contributed by atoms with Crippen LogP contribution in [0.2, 0.25) is 5.02 Å². The molecule has 11 heteroatoms. The van der Waals surface area contributed by atoms with Gasteiger partial charge in [-0.25, -0.2) is 13.1 Å². The molecule has 1 aliphatic rings. The molecular weight excluding hydrogens is 650 g/mol. The number of rotatable bonds is 16. The van der Waals surface area contributed by atoms with Crippen molar-refractivity contribution in [1.29, 1.82) is 0 Å². The Labute approximate surface area is 287 Å². The van der Waals surface area contributed by atoms with Gasteiger partial charge in [-0.2, -0.15) is 0 Å². The van der Waals surface area contributed by atoms with Gasteiger partial charge in [-0.15, -0.1) is 0 Å². The second-order valence-electron chi connectivity index (χ2n) is 11.7. The number of benzene rings is 4. The van der Waals surface area contributed by atoms with Crippen molar-refractivity contribution < 1.29 is 27.5 Å². The number of ether oxygens (including phenoxy) is 2. The third-order valence-electron chi connectivity index (χ3n) is 8.18. The first-order valence-electron chi connectivity index (χ1n) is 15.9. The lowest BCUT2D eigenvalue weighted by Crippen LogP contribution is -2.44. The monoisotopic (exact) mass is 689 g/mol. The number of halogens is 1. The van der Waals surface area contributed by atoms with E-state index in [-0.39, 0.29) is 35.7 Å². The fraction of sp³-hybridized carbons (Fsp3) is 0.297. The van der Waals surface area contributed by atoms with Crippen molar-refractivity contribution in [1.82, 2.24) is 14.9 Å². The number of nitrogens with zero attached hydrogens (tertiary/aromatic N) is 1. The van der Waals surface area contributed by atoms with Crippen LogP contribution in [0.5, 0.6) is 11.5 Å². The van der Waals surface area contributed by atoms with Gasteiger partial charge in [0.05, 0.1) is 19.1 Å². The van der Waals surface area contributed by atoms with Crippen LogP contribution < -0.4 is 19.5 Å². The summed E-state index contributed by atoms with van der Waals surface area (Å²) in [7, 11) is -0.416. The molecule has 1 atom stereocenters. The van der Waals surface area contributed by atoms with Gasteiger partial charge < -0.3 is 19.7 Å². The summed E-state index contributed by atoms with van der Waals surface area (Å²) in [6.07, 6.45) is 2.73. The van der Waals surface area contributed by atoms with Crippen molar-refractivity contribution in [2.75, 3.05) is 20.8 Å². The molecule has 4 aromatic carbocycles. The van der Waals surface area contributed by atoms with Crippen molar-refractivity contribution in [2.24, 2.45) is 0 Å². The highest BCUT2D eigenvalue weighted by Crippen LogP contribution is 2.29. The van der Waals surface area contributed by atoms with Crippen LogP contribution in [-0.2, 0) is 39.0 Å². The molecule has 0 bridgehead atoms. The lowest BCUT2D eigenvalue weighted by molar-refractivity contribution is -0.141. The summed E-state index contributed by atoms with van der Waals surface area (Å²) in [5.74, 6) is 0.703. The molecule has 1 fully saturated rings. The molecule has 0 saturated heterocycles. The number of aryl methyl sites for hydroxylation is 1. The first kappa shape index (κ1) is 34.9. The SMILES string of the molecule is COc1ccc(CCNC(=O)[C@H](c2ccccc2)N(Cc2ccc(Cl)cc2)C(=O)CCc2ccc(S(=O)(=O)NC3CC3)cc2)cc1OC. The molecule has 1 saturated carbocycles. The van der Waals surface area contributed by atoms with E-state index in [2.05, 4.69) is 10.0 Å². The van der Waals surface area contributed by atoms with Crippen molar-refractivity contribution >= 4 is 33.4 Å². The van der Waals surface area contributed by atoms with Gasteiger partial charge in [-0.1, -0.05) is 72.3 Å². The highest BCUT2D eigenvalue weighted by atomic mass is 35.5. The molecular formula is C37H40ClN3O6S. The van der Waals surface area contributed by atoms with Crippen molar-refractivity contribution in [2.45, 2.75) is 55.6 Å².